The van der Waals surface area contributed by atoms with Gasteiger partial charge in [0.25, 0.3) is 0 Å². The summed E-state index contributed by atoms with van der Waals surface area (Å²) in [5.41, 5.74) is 6.76. The number of para-hydroxylation sites is 1. The molecule has 2 aromatic carbocycles. The van der Waals surface area contributed by atoms with E-state index in [0.717, 1.165) is 49.9 Å². The number of carbonyl (C=O) groups excluding carboxylic acids is 1. The lowest BCUT2D eigenvalue weighted by Crippen LogP contribution is -2.16. The number of fused-ring (bicyclic) bond motifs is 2. The number of aryl methyl sites for hydroxylation is 3. The summed E-state index contributed by atoms with van der Waals surface area (Å²) in [6.07, 6.45) is 2.07. The monoisotopic (exact) mass is 355 g/mol. The molecule has 0 radical (unpaired) electrons. The number of amides is 1. The maximum atomic E-state index is 12.8. The number of hydrogen-bond acceptors (Lipinski definition) is 3. The van der Waals surface area contributed by atoms with Crippen LogP contribution in [0, 0.1) is 20.8 Å². The first-order valence-corrected chi connectivity index (χ1v) is 9.03. The molecule has 4 rings (SSSR count). The van der Waals surface area contributed by atoms with Crippen molar-refractivity contribution in [3.8, 4) is 0 Å². The van der Waals surface area contributed by atoms with E-state index in [4.69, 9.17) is 0 Å². The molecule has 0 atom stereocenters. The van der Waals surface area contributed by atoms with E-state index in [1.165, 1.54) is 0 Å². The fraction of sp³-hybridized carbons (Fsp3) is 0.174. The molecule has 0 aliphatic heterocycles. The average Bonchev–Trinajstić information content (AvgIpc) is 2.67. The first-order valence-electron chi connectivity index (χ1n) is 9.03. The lowest BCUT2D eigenvalue weighted by Gasteiger charge is -2.14. The minimum Gasteiger partial charge on any atom is -0.325 e. The van der Waals surface area contributed by atoms with Gasteiger partial charge in [0.15, 0.2) is 0 Å². The molecule has 134 valence electrons. The van der Waals surface area contributed by atoms with Gasteiger partial charge in [0.1, 0.15) is 0 Å². The number of hydrogen-bond donors (Lipinski definition) is 1. The molecule has 1 amide bonds. The van der Waals surface area contributed by atoms with E-state index in [1.54, 1.807) is 6.20 Å². The highest BCUT2D eigenvalue weighted by Gasteiger charge is 2.14. The summed E-state index contributed by atoms with van der Waals surface area (Å²) < 4.78 is 0. The van der Waals surface area contributed by atoms with Crippen LogP contribution in [0.4, 0.5) is 5.69 Å². The topological polar surface area (TPSA) is 54.9 Å². The van der Waals surface area contributed by atoms with Gasteiger partial charge in [-0.25, -0.2) is 0 Å². The number of pyridine rings is 2. The van der Waals surface area contributed by atoms with Crippen LogP contribution < -0.4 is 5.32 Å². The van der Waals surface area contributed by atoms with Crippen molar-refractivity contribution in [1.82, 2.24) is 9.97 Å². The molecule has 0 unspecified atom stereocenters. The van der Waals surface area contributed by atoms with Crippen LogP contribution in [-0.2, 0) is 11.2 Å². The smallest absolute Gasteiger partial charge is 0.228 e. The van der Waals surface area contributed by atoms with E-state index in [9.17, 15) is 4.79 Å². The van der Waals surface area contributed by atoms with E-state index < -0.39 is 0 Å². The normalized spacial score (nSPS) is 11.1. The summed E-state index contributed by atoms with van der Waals surface area (Å²) in [5.74, 6) is -0.0488. The molecule has 0 bridgehead atoms. The Morgan fingerprint density at radius 2 is 1.74 bits per heavy atom. The molecule has 4 nitrogen and oxygen atoms in total. The molecule has 0 aliphatic rings. The SMILES string of the molecule is Cc1nc2ccccc2c(C)c1CC(=O)Nc1ccc(C)c2ncccc12. The summed E-state index contributed by atoms with van der Waals surface area (Å²) in [6, 6.07) is 15.8. The summed E-state index contributed by atoms with van der Waals surface area (Å²) in [6.45, 7) is 6.05. The first-order chi connectivity index (χ1) is 13.0. The molecule has 2 heterocycles. The molecule has 4 heteroatoms. The first kappa shape index (κ1) is 17.2. The average molecular weight is 355 g/mol. The predicted molar refractivity (Wildman–Crippen MR) is 110 cm³/mol. The molecular weight excluding hydrogens is 334 g/mol. The Hall–Kier alpha value is -3.27. The van der Waals surface area contributed by atoms with Gasteiger partial charge >= 0.3 is 0 Å². The fourth-order valence-electron chi connectivity index (χ4n) is 3.61. The summed E-state index contributed by atoms with van der Waals surface area (Å²) in [7, 11) is 0. The maximum absolute atomic E-state index is 12.8. The molecule has 0 fully saturated rings. The van der Waals surface area contributed by atoms with Crippen molar-refractivity contribution in [1.29, 1.82) is 0 Å². The zero-order valence-corrected chi connectivity index (χ0v) is 15.7. The van der Waals surface area contributed by atoms with Gasteiger partial charge in [-0.15, -0.1) is 0 Å². The van der Waals surface area contributed by atoms with E-state index >= 15 is 0 Å². The van der Waals surface area contributed by atoms with Gasteiger partial charge < -0.3 is 5.32 Å². The Kier molecular flexibility index (Phi) is 4.32. The Morgan fingerprint density at radius 3 is 2.59 bits per heavy atom. The number of nitrogens with one attached hydrogen (secondary N) is 1. The predicted octanol–water partition coefficient (Wildman–Crippen LogP) is 4.89. The molecule has 27 heavy (non-hydrogen) atoms. The lowest BCUT2D eigenvalue weighted by atomic mass is 9.99. The second-order valence-electron chi connectivity index (χ2n) is 6.87. The number of benzene rings is 2. The molecule has 2 aromatic heterocycles. The third kappa shape index (κ3) is 3.14. The number of aromatic nitrogens is 2. The molecule has 0 aliphatic carbocycles. The van der Waals surface area contributed by atoms with Crippen molar-refractivity contribution in [2.45, 2.75) is 27.2 Å². The Bertz CT molecular complexity index is 1180. The third-order valence-electron chi connectivity index (χ3n) is 5.07. The van der Waals surface area contributed by atoms with Crippen LogP contribution >= 0.6 is 0 Å². The van der Waals surface area contributed by atoms with Gasteiger partial charge in [0.2, 0.25) is 5.91 Å². The second kappa shape index (κ2) is 6.80. The summed E-state index contributed by atoms with van der Waals surface area (Å²) >= 11 is 0. The summed E-state index contributed by atoms with van der Waals surface area (Å²) in [5, 5.41) is 5.10. The van der Waals surface area contributed by atoms with Gasteiger partial charge in [-0.3, -0.25) is 14.8 Å². The van der Waals surface area contributed by atoms with Crippen molar-refractivity contribution in [2.24, 2.45) is 0 Å². The molecule has 0 spiro atoms. The van der Waals surface area contributed by atoms with Crippen molar-refractivity contribution >= 4 is 33.4 Å². The molecule has 4 aromatic rings. The van der Waals surface area contributed by atoms with E-state index in [-0.39, 0.29) is 5.91 Å². The quantitative estimate of drug-likeness (QED) is 0.569. The lowest BCUT2D eigenvalue weighted by molar-refractivity contribution is -0.115. The molecular formula is C23H21N3O. The highest BCUT2D eigenvalue weighted by atomic mass is 16.1. The van der Waals surface area contributed by atoms with Crippen molar-refractivity contribution in [2.75, 3.05) is 5.32 Å². The number of anilines is 1. The van der Waals surface area contributed by atoms with Crippen LogP contribution in [0.15, 0.2) is 54.7 Å². The van der Waals surface area contributed by atoms with Crippen LogP contribution in [0.2, 0.25) is 0 Å². The van der Waals surface area contributed by atoms with Crippen molar-refractivity contribution in [3.63, 3.8) is 0 Å². The fourth-order valence-corrected chi connectivity index (χ4v) is 3.61. The maximum Gasteiger partial charge on any atom is 0.228 e. The number of rotatable bonds is 3. The second-order valence-corrected chi connectivity index (χ2v) is 6.87. The molecule has 0 saturated carbocycles. The largest absolute Gasteiger partial charge is 0.325 e. The Balaban J connectivity index is 1.66. The van der Waals surface area contributed by atoms with E-state index in [0.29, 0.717) is 6.42 Å². The van der Waals surface area contributed by atoms with Gasteiger partial charge in [0.05, 0.1) is 23.1 Å². The Labute approximate surface area is 158 Å². The zero-order chi connectivity index (χ0) is 19.0. The standard InChI is InChI=1S/C23H21N3O/c1-14-10-11-21(18-8-6-12-24-23(14)18)26-22(27)13-19-15(2)17-7-4-5-9-20(17)25-16(19)3/h4-12H,13H2,1-3H3,(H,26,27). The van der Waals surface area contributed by atoms with Gasteiger partial charge in [-0.05, 0) is 61.7 Å². The van der Waals surface area contributed by atoms with Crippen LogP contribution in [-0.4, -0.2) is 15.9 Å². The van der Waals surface area contributed by atoms with E-state index in [1.807, 2.05) is 56.3 Å². The van der Waals surface area contributed by atoms with Crippen molar-refractivity contribution < 1.29 is 4.79 Å². The zero-order valence-electron chi connectivity index (χ0n) is 15.7. The minimum absolute atomic E-state index is 0.0488. The van der Waals surface area contributed by atoms with Gasteiger partial charge in [0, 0.05) is 22.7 Å². The number of nitrogens with zero attached hydrogens (tertiary/aromatic N) is 2. The highest BCUT2D eigenvalue weighted by Crippen LogP contribution is 2.26. The highest BCUT2D eigenvalue weighted by molar-refractivity contribution is 6.02. The van der Waals surface area contributed by atoms with Crippen LogP contribution in [0.25, 0.3) is 21.8 Å². The summed E-state index contributed by atoms with van der Waals surface area (Å²) in [4.78, 5) is 21.9. The van der Waals surface area contributed by atoms with Crippen LogP contribution in [0.1, 0.15) is 22.4 Å². The molecule has 1 N–H and O–H groups in total. The van der Waals surface area contributed by atoms with E-state index in [2.05, 4.69) is 28.3 Å². The van der Waals surface area contributed by atoms with Crippen LogP contribution in [0.5, 0.6) is 0 Å². The number of carbonyl (C=O) groups is 1. The Morgan fingerprint density at radius 1 is 0.963 bits per heavy atom. The van der Waals surface area contributed by atoms with Gasteiger partial charge in [-0.2, -0.15) is 0 Å². The third-order valence-corrected chi connectivity index (χ3v) is 5.07. The van der Waals surface area contributed by atoms with Crippen molar-refractivity contribution in [3.05, 3.63) is 77.1 Å². The van der Waals surface area contributed by atoms with Crippen LogP contribution in [0.3, 0.4) is 0 Å². The van der Waals surface area contributed by atoms with Gasteiger partial charge in [-0.1, -0.05) is 24.3 Å². The molecule has 0 saturated heterocycles. The minimum atomic E-state index is -0.0488.